The molecule has 4 aromatic rings. The van der Waals surface area contributed by atoms with Crippen LogP contribution >= 0.6 is 0 Å². The first-order valence-electron chi connectivity index (χ1n) is 14.8. The summed E-state index contributed by atoms with van der Waals surface area (Å²) >= 11 is 0. The maximum absolute atomic E-state index is 13.6. The van der Waals surface area contributed by atoms with Crippen molar-refractivity contribution < 1.29 is 23.0 Å². The molecule has 1 aliphatic rings. The minimum atomic E-state index is -3.61. The number of aliphatic hydroxyl groups is 1. The van der Waals surface area contributed by atoms with Gasteiger partial charge in [-0.3, -0.25) is 0 Å². The number of anilines is 1. The van der Waals surface area contributed by atoms with Gasteiger partial charge in [-0.1, -0.05) is 54.6 Å². The molecule has 0 spiro atoms. The third-order valence-electron chi connectivity index (χ3n) is 7.86. The van der Waals surface area contributed by atoms with Crippen LogP contribution in [-0.4, -0.2) is 70.8 Å². The Hall–Kier alpha value is -3.63. The average Bonchev–Trinajstić information content (AvgIpc) is 3.03. The number of hydrogen-bond donors (Lipinski definition) is 2. The number of benzene rings is 4. The highest BCUT2D eigenvalue weighted by Gasteiger charge is 2.30. The van der Waals surface area contributed by atoms with Crippen LogP contribution in [0.2, 0.25) is 0 Å². The Morgan fingerprint density at radius 2 is 1.51 bits per heavy atom. The molecule has 4 aromatic carbocycles. The van der Waals surface area contributed by atoms with E-state index in [1.165, 1.54) is 0 Å². The summed E-state index contributed by atoms with van der Waals surface area (Å²) in [5, 5.41) is 15.4. The number of aliphatic hydroxyl groups excluding tert-OH is 1. The summed E-state index contributed by atoms with van der Waals surface area (Å²) in [6.07, 6.45) is 0.879. The second-order valence-corrected chi connectivity index (χ2v) is 13.1. The minimum absolute atomic E-state index is 0.175. The molecule has 43 heavy (non-hydrogen) atoms. The van der Waals surface area contributed by atoms with Crippen molar-refractivity contribution in [3.63, 3.8) is 0 Å². The molecule has 0 amide bonds. The van der Waals surface area contributed by atoms with E-state index in [1.54, 1.807) is 10.4 Å². The van der Waals surface area contributed by atoms with E-state index in [-0.39, 0.29) is 6.61 Å². The monoisotopic (exact) mass is 603 g/mol. The molecule has 8 nitrogen and oxygen atoms in total. The average molecular weight is 604 g/mol. The molecule has 228 valence electrons. The standard InChI is InChI=1S/C34H41N3O5S/c1-36(2)33-12-6-11-32-31(33)10-7-13-34(32)43(39,40)37-20-18-26(19-21-37)22-35-23-28(38)25-42-30-16-14-29(15-17-30)41-24-27-8-4-3-5-9-27/h3-17,26,28,35,38H,18-25H2,1-2H3/t28-/m0/s1. The lowest BCUT2D eigenvalue weighted by Crippen LogP contribution is -2.42. The van der Waals surface area contributed by atoms with Crippen LogP contribution in [0.1, 0.15) is 18.4 Å². The summed E-state index contributed by atoms with van der Waals surface area (Å²) < 4.78 is 40.4. The second kappa shape index (κ2) is 14.2. The van der Waals surface area contributed by atoms with Crippen LogP contribution in [0.25, 0.3) is 10.8 Å². The Morgan fingerprint density at radius 1 is 0.860 bits per heavy atom. The van der Waals surface area contributed by atoms with E-state index in [9.17, 15) is 13.5 Å². The van der Waals surface area contributed by atoms with E-state index in [1.807, 2.05) is 104 Å². The van der Waals surface area contributed by atoms with Crippen molar-refractivity contribution in [1.82, 2.24) is 9.62 Å². The zero-order valence-electron chi connectivity index (χ0n) is 24.9. The summed E-state index contributed by atoms with van der Waals surface area (Å²) in [4.78, 5) is 2.36. The molecule has 0 aliphatic carbocycles. The summed E-state index contributed by atoms with van der Waals surface area (Å²) in [7, 11) is 0.312. The van der Waals surface area contributed by atoms with E-state index < -0.39 is 16.1 Å². The predicted molar refractivity (Wildman–Crippen MR) is 171 cm³/mol. The molecule has 1 aliphatic heterocycles. The van der Waals surface area contributed by atoms with E-state index in [4.69, 9.17) is 9.47 Å². The van der Waals surface area contributed by atoms with Crippen LogP contribution in [0.4, 0.5) is 5.69 Å². The first kappa shape index (κ1) is 30.8. The molecule has 1 fully saturated rings. The highest BCUT2D eigenvalue weighted by molar-refractivity contribution is 7.89. The molecular formula is C34H41N3O5S. The molecule has 9 heteroatoms. The highest BCUT2D eigenvalue weighted by Crippen LogP contribution is 2.33. The van der Waals surface area contributed by atoms with Gasteiger partial charge in [-0.25, -0.2) is 8.42 Å². The number of rotatable bonds is 13. The normalized spacial score (nSPS) is 15.3. The molecule has 2 N–H and O–H groups in total. The van der Waals surface area contributed by atoms with Crippen molar-refractivity contribution >= 4 is 26.5 Å². The number of fused-ring (bicyclic) bond motifs is 1. The quantitative estimate of drug-likeness (QED) is 0.224. The van der Waals surface area contributed by atoms with E-state index in [0.717, 1.165) is 47.2 Å². The topological polar surface area (TPSA) is 91.3 Å². The van der Waals surface area contributed by atoms with Crippen molar-refractivity contribution in [3.05, 3.63) is 96.6 Å². The summed E-state index contributed by atoms with van der Waals surface area (Å²) in [6.45, 7) is 2.76. The molecule has 1 heterocycles. The lowest BCUT2D eigenvalue weighted by Gasteiger charge is -2.32. The third kappa shape index (κ3) is 7.86. The Labute approximate surface area is 254 Å². The van der Waals surface area contributed by atoms with Gasteiger partial charge in [-0.05, 0) is 67.3 Å². The summed E-state index contributed by atoms with van der Waals surface area (Å²) in [5.41, 5.74) is 2.10. The fraction of sp³-hybridized carbons (Fsp3) is 0.353. The smallest absolute Gasteiger partial charge is 0.243 e. The molecule has 0 saturated carbocycles. The number of sulfonamides is 1. The molecule has 0 bridgehead atoms. The van der Waals surface area contributed by atoms with Crippen LogP contribution in [0.15, 0.2) is 95.9 Å². The first-order valence-corrected chi connectivity index (χ1v) is 16.2. The van der Waals surface area contributed by atoms with E-state index in [2.05, 4.69) is 5.32 Å². The SMILES string of the molecule is CN(C)c1cccc2c(S(=O)(=O)N3CCC(CNC[C@H](O)COc4ccc(OCc5ccccc5)cc4)CC3)cccc12. The highest BCUT2D eigenvalue weighted by atomic mass is 32.2. The van der Waals surface area contributed by atoms with Crippen molar-refractivity contribution in [3.8, 4) is 11.5 Å². The maximum atomic E-state index is 13.6. The predicted octanol–water partition coefficient (Wildman–Crippen LogP) is 4.92. The molecule has 1 saturated heterocycles. The van der Waals surface area contributed by atoms with Gasteiger partial charge in [0.1, 0.15) is 30.8 Å². The van der Waals surface area contributed by atoms with Crippen molar-refractivity contribution in [2.45, 2.75) is 30.4 Å². The number of ether oxygens (including phenoxy) is 2. The third-order valence-corrected chi connectivity index (χ3v) is 9.82. The summed E-state index contributed by atoms with van der Waals surface area (Å²) in [5.74, 6) is 1.77. The van der Waals surface area contributed by atoms with Gasteiger partial charge in [0.05, 0.1) is 4.90 Å². The van der Waals surface area contributed by atoms with Gasteiger partial charge in [-0.2, -0.15) is 4.31 Å². The summed E-state index contributed by atoms with van der Waals surface area (Å²) in [6, 6.07) is 28.7. The molecule has 1 atom stereocenters. The van der Waals surface area contributed by atoms with Gasteiger partial charge in [0.25, 0.3) is 0 Å². The van der Waals surface area contributed by atoms with Gasteiger partial charge in [0.15, 0.2) is 0 Å². The molecule has 0 unspecified atom stereocenters. The van der Waals surface area contributed by atoms with Crippen LogP contribution in [0.3, 0.4) is 0 Å². The van der Waals surface area contributed by atoms with E-state index in [0.29, 0.717) is 42.8 Å². The van der Waals surface area contributed by atoms with Gasteiger partial charge >= 0.3 is 0 Å². The Bertz CT molecular complexity index is 1570. The fourth-order valence-electron chi connectivity index (χ4n) is 5.45. The number of nitrogens with zero attached hydrogens (tertiary/aromatic N) is 2. The second-order valence-electron chi connectivity index (χ2n) is 11.2. The van der Waals surface area contributed by atoms with Gasteiger partial charge in [-0.15, -0.1) is 0 Å². The van der Waals surface area contributed by atoms with Crippen molar-refractivity contribution in [1.29, 1.82) is 0 Å². The fourth-order valence-corrected chi connectivity index (χ4v) is 7.13. The lowest BCUT2D eigenvalue weighted by molar-refractivity contribution is 0.104. The maximum Gasteiger partial charge on any atom is 0.243 e. The zero-order valence-corrected chi connectivity index (χ0v) is 25.7. The Morgan fingerprint density at radius 3 is 2.21 bits per heavy atom. The van der Waals surface area contributed by atoms with Crippen LogP contribution in [-0.2, 0) is 16.6 Å². The first-order chi connectivity index (χ1) is 20.8. The van der Waals surface area contributed by atoms with E-state index >= 15 is 0 Å². The van der Waals surface area contributed by atoms with Gasteiger partial charge < -0.3 is 24.8 Å². The molecule has 0 radical (unpaired) electrons. The van der Waals surface area contributed by atoms with Crippen molar-refractivity contribution in [2.24, 2.45) is 5.92 Å². The number of hydrogen-bond acceptors (Lipinski definition) is 7. The number of nitrogens with one attached hydrogen (secondary N) is 1. The molecular weight excluding hydrogens is 562 g/mol. The zero-order chi connectivity index (χ0) is 30.2. The largest absolute Gasteiger partial charge is 0.491 e. The van der Waals surface area contributed by atoms with Gasteiger partial charge in [0.2, 0.25) is 10.0 Å². The van der Waals surface area contributed by atoms with Crippen LogP contribution < -0.4 is 19.7 Å². The Balaban J connectivity index is 1.04. The minimum Gasteiger partial charge on any atom is -0.491 e. The van der Waals surface area contributed by atoms with Crippen LogP contribution in [0, 0.1) is 5.92 Å². The van der Waals surface area contributed by atoms with Crippen LogP contribution in [0.5, 0.6) is 11.5 Å². The number of piperidine rings is 1. The lowest BCUT2D eigenvalue weighted by atomic mass is 9.98. The molecule has 0 aromatic heterocycles. The van der Waals surface area contributed by atoms with Gasteiger partial charge in [0, 0.05) is 50.2 Å². The molecule has 5 rings (SSSR count). The van der Waals surface area contributed by atoms with Crippen molar-refractivity contribution in [2.75, 3.05) is 51.8 Å². The Kier molecular flexibility index (Phi) is 10.2.